The van der Waals surface area contributed by atoms with Crippen LogP contribution >= 0.6 is 11.8 Å². The van der Waals surface area contributed by atoms with Crippen LogP contribution in [-0.4, -0.2) is 57.8 Å². The van der Waals surface area contributed by atoms with E-state index in [0.717, 1.165) is 11.8 Å². The van der Waals surface area contributed by atoms with E-state index in [2.05, 4.69) is 15.5 Å². The molecule has 0 spiro atoms. The molecule has 2 aromatic heterocycles. The summed E-state index contributed by atoms with van der Waals surface area (Å²) < 4.78 is 11.2. The second-order valence-corrected chi connectivity index (χ2v) is 8.28. The van der Waals surface area contributed by atoms with Gasteiger partial charge in [-0.15, -0.1) is 11.8 Å². The fourth-order valence-electron chi connectivity index (χ4n) is 2.83. The van der Waals surface area contributed by atoms with E-state index in [0.29, 0.717) is 12.2 Å². The van der Waals surface area contributed by atoms with Gasteiger partial charge in [0.05, 0.1) is 17.6 Å². The third kappa shape index (κ3) is 6.23. The van der Waals surface area contributed by atoms with Crippen LogP contribution in [0.25, 0.3) is 0 Å². The number of carbonyl (C=O) groups is 2. The molecule has 32 heavy (non-hydrogen) atoms. The largest absolute Gasteiger partial charge is 0.383 e. The second-order valence-electron chi connectivity index (χ2n) is 6.95. The van der Waals surface area contributed by atoms with Crippen molar-refractivity contribution in [2.24, 2.45) is 0 Å². The number of hydrogen-bond acceptors (Lipinski definition) is 9. The summed E-state index contributed by atoms with van der Waals surface area (Å²) in [5.74, 6) is -0.178. The molecule has 0 bridgehead atoms. The van der Waals surface area contributed by atoms with Gasteiger partial charge in [-0.25, -0.2) is 4.79 Å². The Morgan fingerprint density at radius 2 is 2.16 bits per heavy atom. The van der Waals surface area contributed by atoms with Crippen LogP contribution in [-0.2, 0) is 20.9 Å². The molecule has 0 aliphatic rings. The summed E-state index contributed by atoms with van der Waals surface area (Å²) in [6.45, 7) is 5.67. The Hall–Kier alpha value is -3.06. The van der Waals surface area contributed by atoms with Gasteiger partial charge in [0.25, 0.3) is 5.56 Å². The van der Waals surface area contributed by atoms with Crippen molar-refractivity contribution in [1.82, 2.24) is 14.7 Å². The molecule has 0 aromatic carbocycles. The molecular formula is C19H28N6O6S. The molecule has 0 fully saturated rings. The number of anilines is 3. The Balaban J connectivity index is 2.18. The van der Waals surface area contributed by atoms with E-state index in [1.165, 1.54) is 16.6 Å². The van der Waals surface area contributed by atoms with Crippen LogP contribution in [0.2, 0.25) is 0 Å². The monoisotopic (exact) mass is 468 g/mol. The Morgan fingerprint density at radius 3 is 2.75 bits per heavy atom. The number of carbonyl (C=O) groups excluding carboxylic acids is 2. The minimum Gasteiger partial charge on any atom is -0.383 e. The first-order chi connectivity index (χ1) is 15.2. The highest BCUT2D eigenvalue weighted by molar-refractivity contribution is 8.01. The van der Waals surface area contributed by atoms with Crippen LogP contribution < -0.4 is 27.2 Å². The van der Waals surface area contributed by atoms with Crippen LogP contribution in [0.4, 0.5) is 17.3 Å². The topological polar surface area (TPSA) is 166 Å². The summed E-state index contributed by atoms with van der Waals surface area (Å²) in [7, 11) is 1.46. The summed E-state index contributed by atoms with van der Waals surface area (Å²) in [5.41, 5.74) is 4.58. The Bertz CT molecular complexity index is 1060. The van der Waals surface area contributed by atoms with Crippen LogP contribution in [0, 0.1) is 6.92 Å². The number of nitrogen functional groups attached to an aromatic ring is 1. The average Bonchev–Trinajstić information content (AvgIpc) is 3.15. The van der Waals surface area contributed by atoms with Gasteiger partial charge in [-0.3, -0.25) is 23.9 Å². The van der Waals surface area contributed by atoms with Gasteiger partial charge < -0.3 is 25.2 Å². The molecular weight excluding hydrogens is 440 g/mol. The molecule has 0 aliphatic heterocycles. The molecule has 2 rings (SSSR count). The summed E-state index contributed by atoms with van der Waals surface area (Å²) in [6.07, 6.45) is 0.606. The van der Waals surface area contributed by atoms with Gasteiger partial charge >= 0.3 is 5.69 Å². The van der Waals surface area contributed by atoms with Crippen molar-refractivity contribution in [1.29, 1.82) is 0 Å². The zero-order chi connectivity index (χ0) is 23.8. The number of aromatic amines is 1. The maximum Gasteiger partial charge on any atom is 0.330 e. The number of hydrogen-bond donors (Lipinski definition) is 3. The highest BCUT2D eigenvalue weighted by Crippen LogP contribution is 2.20. The van der Waals surface area contributed by atoms with Crippen molar-refractivity contribution in [3.05, 3.63) is 32.7 Å². The molecule has 1 unspecified atom stereocenters. The number of nitrogens with zero attached hydrogens (tertiary/aromatic N) is 3. The van der Waals surface area contributed by atoms with Gasteiger partial charge in [0.1, 0.15) is 11.6 Å². The third-order valence-corrected chi connectivity index (χ3v) is 5.58. The lowest BCUT2D eigenvalue weighted by Gasteiger charge is -2.24. The Labute approximate surface area is 188 Å². The zero-order valence-corrected chi connectivity index (χ0v) is 19.3. The van der Waals surface area contributed by atoms with E-state index in [9.17, 15) is 19.2 Å². The van der Waals surface area contributed by atoms with Crippen molar-refractivity contribution < 1.29 is 18.8 Å². The number of nitrogens with two attached hydrogens (primary N) is 1. The van der Waals surface area contributed by atoms with Gasteiger partial charge in [0.2, 0.25) is 11.8 Å². The molecule has 0 radical (unpaired) electrons. The number of H-pyrrole nitrogens is 1. The zero-order valence-electron chi connectivity index (χ0n) is 18.5. The molecule has 0 aliphatic carbocycles. The van der Waals surface area contributed by atoms with E-state index in [4.69, 9.17) is 15.0 Å². The van der Waals surface area contributed by atoms with E-state index >= 15 is 0 Å². The maximum absolute atomic E-state index is 13.0. The molecule has 4 N–H and O–H groups in total. The van der Waals surface area contributed by atoms with Crippen LogP contribution in [0.1, 0.15) is 26.0 Å². The van der Waals surface area contributed by atoms with E-state index in [1.807, 2.05) is 6.92 Å². The lowest BCUT2D eigenvalue weighted by atomic mass is 10.3. The van der Waals surface area contributed by atoms with E-state index in [1.54, 1.807) is 19.9 Å². The lowest BCUT2D eigenvalue weighted by molar-refractivity contribution is -0.116. The quantitative estimate of drug-likeness (QED) is 0.427. The molecule has 13 heteroatoms. The van der Waals surface area contributed by atoms with Gasteiger partial charge in [-0.1, -0.05) is 12.1 Å². The molecule has 1 atom stereocenters. The first-order valence-corrected chi connectivity index (χ1v) is 11.0. The van der Waals surface area contributed by atoms with Crippen LogP contribution in [0.3, 0.4) is 0 Å². The number of nitrogens with one attached hydrogen (secondary N) is 2. The highest BCUT2D eigenvalue weighted by atomic mass is 32.2. The fraction of sp³-hybridized carbons (Fsp3) is 0.526. The number of ether oxygens (including phenoxy) is 1. The standard InChI is InChI=1S/C19H28N6O6S/c1-5-6-25-16(20)15(18(28)22-19(25)29)24(7-8-30-4)14(26)10-32-12(3)17(27)21-13-9-11(2)31-23-13/h9,12H,5-8,10,20H2,1-4H3,(H,21,23,27)(H,22,28,29). The Kier molecular flexibility index (Phi) is 9.08. The summed E-state index contributed by atoms with van der Waals surface area (Å²) >= 11 is 1.08. The van der Waals surface area contributed by atoms with Crippen molar-refractivity contribution in [3.8, 4) is 0 Å². The maximum atomic E-state index is 13.0. The first-order valence-electron chi connectivity index (χ1n) is 9.97. The van der Waals surface area contributed by atoms with Crippen molar-refractivity contribution in [2.45, 2.75) is 39.0 Å². The van der Waals surface area contributed by atoms with Crippen molar-refractivity contribution >= 4 is 40.9 Å². The SMILES string of the molecule is CCCn1c(N)c(N(CCOC)C(=O)CSC(C)C(=O)Nc2cc(C)on2)c(=O)[nH]c1=O. The van der Waals surface area contributed by atoms with Gasteiger partial charge in [0.15, 0.2) is 11.5 Å². The summed E-state index contributed by atoms with van der Waals surface area (Å²) in [5, 5.41) is 5.71. The molecule has 176 valence electrons. The van der Waals surface area contributed by atoms with Gasteiger partial charge in [0, 0.05) is 26.3 Å². The van der Waals surface area contributed by atoms with Crippen molar-refractivity contribution in [2.75, 3.05) is 42.0 Å². The predicted molar refractivity (Wildman–Crippen MR) is 122 cm³/mol. The molecule has 2 aromatic rings. The molecule has 0 saturated carbocycles. The number of rotatable bonds is 11. The first kappa shape index (κ1) is 25.2. The molecule has 12 nitrogen and oxygen atoms in total. The molecule has 2 heterocycles. The van der Waals surface area contributed by atoms with Crippen LogP contribution in [0.15, 0.2) is 20.2 Å². The number of aromatic nitrogens is 3. The predicted octanol–water partition coefficient (Wildman–Crippen LogP) is 0.565. The smallest absolute Gasteiger partial charge is 0.330 e. The van der Waals surface area contributed by atoms with Gasteiger partial charge in [-0.05, 0) is 20.3 Å². The number of methoxy groups -OCH3 is 1. The van der Waals surface area contributed by atoms with Gasteiger partial charge in [-0.2, -0.15) is 0 Å². The van der Waals surface area contributed by atoms with E-state index in [-0.39, 0.29) is 48.7 Å². The average molecular weight is 469 g/mol. The van der Waals surface area contributed by atoms with Crippen molar-refractivity contribution in [3.63, 3.8) is 0 Å². The number of thioether (sulfide) groups is 1. The normalized spacial score (nSPS) is 11.9. The summed E-state index contributed by atoms with van der Waals surface area (Å²) in [6, 6.07) is 1.58. The third-order valence-electron chi connectivity index (χ3n) is 4.46. The number of aryl methyl sites for hydroxylation is 1. The number of amides is 2. The van der Waals surface area contributed by atoms with E-state index < -0.39 is 22.4 Å². The van der Waals surface area contributed by atoms with Crippen LogP contribution in [0.5, 0.6) is 0 Å². The fourth-order valence-corrected chi connectivity index (χ4v) is 3.59. The lowest BCUT2D eigenvalue weighted by Crippen LogP contribution is -2.43. The Morgan fingerprint density at radius 1 is 1.44 bits per heavy atom. The minimum absolute atomic E-state index is 0.0479. The molecule has 2 amide bonds. The molecule has 0 saturated heterocycles. The minimum atomic E-state index is -0.763. The highest BCUT2D eigenvalue weighted by Gasteiger charge is 2.25. The summed E-state index contributed by atoms with van der Waals surface area (Å²) in [4.78, 5) is 53.3. The second kappa shape index (κ2) is 11.5.